The molecule has 49 heavy (non-hydrogen) atoms. The van der Waals surface area contributed by atoms with E-state index in [2.05, 4.69) is 10.6 Å². The fourth-order valence-corrected chi connectivity index (χ4v) is 10.7. The van der Waals surface area contributed by atoms with Gasteiger partial charge in [0.1, 0.15) is 0 Å². The van der Waals surface area contributed by atoms with E-state index < -0.39 is 46.4 Å². The van der Waals surface area contributed by atoms with Crippen LogP contribution in [0.2, 0.25) is 12.1 Å². The molecule has 14 heteroatoms. The molecular weight excluding hydrogens is 665 g/mol. The van der Waals surface area contributed by atoms with Gasteiger partial charge in [-0.1, -0.05) is 60.7 Å². The van der Waals surface area contributed by atoms with Gasteiger partial charge in [-0.05, 0) is 54.4 Å². The zero-order valence-corrected chi connectivity index (χ0v) is 31.8. The summed E-state index contributed by atoms with van der Waals surface area (Å²) in [5.74, 6) is -3.91. The molecule has 0 unspecified atom stereocenters. The molecule has 0 aliphatic heterocycles. The van der Waals surface area contributed by atoms with Crippen LogP contribution in [0.25, 0.3) is 0 Å². The lowest BCUT2D eigenvalue weighted by molar-refractivity contribution is -0.137. The van der Waals surface area contributed by atoms with Crippen LogP contribution in [0, 0.1) is 5.41 Å². The molecule has 0 heterocycles. The predicted molar refractivity (Wildman–Crippen MR) is 190 cm³/mol. The van der Waals surface area contributed by atoms with Gasteiger partial charge >= 0.3 is 17.6 Å². The van der Waals surface area contributed by atoms with Gasteiger partial charge in [0, 0.05) is 75.9 Å². The molecule has 0 aliphatic carbocycles. The number of carbonyl (C=O) groups is 4. The SMILES string of the molecule is CCO[Si](CCCNC(=O)C(C(=O)NCCC[Si](OCC)(OCC)OCC)(C(=O)c1ccccc1)C(=O)c1ccccc1)(OCC)OCC. The van der Waals surface area contributed by atoms with Crippen molar-refractivity contribution < 1.29 is 45.7 Å². The van der Waals surface area contributed by atoms with E-state index >= 15 is 0 Å². The molecule has 0 radical (unpaired) electrons. The average Bonchev–Trinajstić information content (AvgIpc) is 3.10. The van der Waals surface area contributed by atoms with Crippen molar-refractivity contribution in [1.82, 2.24) is 10.6 Å². The minimum absolute atomic E-state index is 0.0329. The first-order chi connectivity index (χ1) is 23.7. The Bertz CT molecular complexity index is 1170. The second kappa shape index (κ2) is 21.9. The Morgan fingerprint density at radius 2 is 0.796 bits per heavy atom. The van der Waals surface area contributed by atoms with Gasteiger partial charge in [0.15, 0.2) is 11.6 Å². The number of nitrogens with one attached hydrogen (secondary N) is 2. The molecule has 0 saturated heterocycles. The monoisotopic (exact) mass is 718 g/mol. The minimum Gasteiger partial charge on any atom is -0.374 e. The summed E-state index contributed by atoms with van der Waals surface area (Å²) >= 11 is 0. The van der Waals surface area contributed by atoms with Crippen LogP contribution >= 0.6 is 0 Å². The van der Waals surface area contributed by atoms with Crippen LogP contribution in [0.3, 0.4) is 0 Å². The van der Waals surface area contributed by atoms with Crippen molar-refractivity contribution in [2.45, 2.75) is 66.5 Å². The maximum Gasteiger partial charge on any atom is 0.500 e. The first-order valence-corrected chi connectivity index (χ1v) is 21.1. The number of rotatable bonds is 26. The number of carbonyl (C=O) groups excluding carboxylic acids is 4. The molecule has 0 aromatic heterocycles. The van der Waals surface area contributed by atoms with Crippen molar-refractivity contribution in [1.29, 1.82) is 0 Å². The van der Waals surface area contributed by atoms with Gasteiger partial charge in [-0.3, -0.25) is 19.2 Å². The first-order valence-electron chi connectivity index (χ1n) is 17.3. The normalized spacial score (nSPS) is 12.0. The maximum atomic E-state index is 14.4. The van der Waals surface area contributed by atoms with Gasteiger partial charge in [0.25, 0.3) is 17.2 Å². The fourth-order valence-electron chi connectivity index (χ4n) is 5.51. The third-order valence-corrected chi connectivity index (χ3v) is 13.8. The Labute approximate surface area is 293 Å². The summed E-state index contributed by atoms with van der Waals surface area (Å²) < 4.78 is 35.6. The summed E-state index contributed by atoms with van der Waals surface area (Å²) in [4.78, 5) is 57.5. The van der Waals surface area contributed by atoms with Gasteiger partial charge in [-0.2, -0.15) is 0 Å². The van der Waals surface area contributed by atoms with E-state index in [1.807, 2.05) is 41.5 Å². The molecule has 272 valence electrons. The average molecular weight is 719 g/mol. The minimum atomic E-state index is -3.03. The lowest BCUT2D eigenvalue weighted by atomic mass is 9.72. The van der Waals surface area contributed by atoms with Gasteiger partial charge in [0.2, 0.25) is 0 Å². The summed E-state index contributed by atoms with van der Waals surface area (Å²) in [6, 6.07) is 16.5. The Hall–Kier alpha value is -3.09. The van der Waals surface area contributed by atoms with E-state index in [0.717, 1.165) is 0 Å². The first kappa shape index (κ1) is 42.1. The smallest absolute Gasteiger partial charge is 0.374 e. The predicted octanol–water partition coefficient (Wildman–Crippen LogP) is 4.85. The second-order valence-electron chi connectivity index (χ2n) is 10.8. The van der Waals surface area contributed by atoms with Gasteiger partial charge in [0.05, 0.1) is 0 Å². The van der Waals surface area contributed by atoms with E-state index in [1.165, 1.54) is 24.3 Å². The second-order valence-corrected chi connectivity index (χ2v) is 16.3. The third-order valence-electron chi connectivity index (χ3n) is 7.51. The van der Waals surface area contributed by atoms with Crippen LogP contribution in [-0.2, 0) is 36.1 Å². The zero-order chi connectivity index (χ0) is 36.2. The number of Topliss-reactive ketones (excluding diaryl/α,β-unsaturated/α-hetero) is 2. The Balaban J connectivity index is 2.47. The summed E-state index contributed by atoms with van der Waals surface area (Å²) in [6.07, 6.45) is 0.710. The molecule has 0 atom stereocenters. The van der Waals surface area contributed by atoms with Crippen LogP contribution in [0.4, 0.5) is 0 Å². The Morgan fingerprint density at radius 3 is 1.06 bits per heavy atom. The summed E-state index contributed by atoms with van der Waals surface area (Å²) in [7, 11) is -6.06. The largest absolute Gasteiger partial charge is 0.500 e. The number of hydrogen-bond donors (Lipinski definition) is 2. The van der Waals surface area contributed by atoms with Crippen LogP contribution in [0.5, 0.6) is 0 Å². The topological polar surface area (TPSA) is 148 Å². The molecular formula is C35H54N2O10Si2. The number of benzene rings is 2. The molecule has 2 N–H and O–H groups in total. The van der Waals surface area contributed by atoms with E-state index in [0.29, 0.717) is 64.6 Å². The highest BCUT2D eigenvalue weighted by Gasteiger charge is 2.59. The van der Waals surface area contributed by atoms with Crippen LogP contribution in [0.15, 0.2) is 60.7 Å². The van der Waals surface area contributed by atoms with E-state index in [9.17, 15) is 19.2 Å². The molecule has 0 bridgehead atoms. The zero-order valence-electron chi connectivity index (χ0n) is 29.8. The van der Waals surface area contributed by atoms with Crippen molar-refractivity contribution in [3.63, 3.8) is 0 Å². The quantitative estimate of drug-likeness (QED) is 0.0599. The molecule has 2 amide bonds. The molecule has 0 spiro atoms. The molecule has 12 nitrogen and oxygen atoms in total. The van der Waals surface area contributed by atoms with Crippen LogP contribution in [-0.4, -0.2) is 93.7 Å². The number of hydrogen-bond acceptors (Lipinski definition) is 10. The third kappa shape index (κ3) is 11.5. The highest BCUT2D eigenvalue weighted by molar-refractivity contribution is 6.61. The number of amides is 2. The molecule has 2 aromatic rings. The van der Waals surface area contributed by atoms with Gasteiger partial charge in [-0.15, -0.1) is 0 Å². The molecule has 0 aliphatic rings. The summed E-state index contributed by atoms with van der Waals surface area (Å²) in [6.45, 7) is 13.5. The van der Waals surface area contributed by atoms with Crippen molar-refractivity contribution >= 4 is 41.0 Å². The van der Waals surface area contributed by atoms with Crippen molar-refractivity contribution in [2.24, 2.45) is 5.41 Å². The van der Waals surface area contributed by atoms with Crippen molar-refractivity contribution in [3.05, 3.63) is 71.8 Å². The molecule has 0 fully saturated rings. The lowest BCUT2D eigenvalue weighted by Crippen LogP contribution is -2.61. The van der Waals surface area contributed by atoms with Crippen molar-refractivity contribution in [2.75, 3.05) is 52.7 Å². The number of ketones is 2. The summed E-state index contributed by atoms with van der Waals surface area (Å²) in [5, 5.41) is 5.46. The summed E-state index contributed by atoms with van der Waals surface area (Å²) in [5.41, 5.74) is -2.67. The standard InChI is InChI=1S/C35H54N2O10Si2/c1-7-42-48(43-8-2,44-9-3)27-19-25-36-33(40)35(31(38)29-21-15-13-16-22-29,32(39)30-23-17-14-18-24-30)34(41)37-26-20-28-49(45-10-4,46-11-5)47-12-6/h13-18,21-24H,7-12,19-20,25-28H2,1-6H3,(H,36,40)(H,37,41). The lowest BCUT2D eigenvalue weighted by Gasteiger charge is -2.30. The highest BCUT2D eigenvalue weighted by atomic mass is 28.4. The van der Waals surface area contributed by atoms with Crippen LogP contribution in [0.1, 0.15) is 75.1 Å². The highest BCUT2D eigenvalue weighted by Crippen LogP contribution is 2.30. The Morgan fingerprint density at radius 1 is 0.510 bits per heavy atom. The van der Waals surface area contributed by atoms with E-state index in [-0.39, 0.29) is 24.2 Å². The van der Waals surface area contributed by atoms with Gasteiger partial charge in [-0.25, -0.2) is 0 Å². The Kier molecular flexibility index (Phi) is 18.8. The maximum absolute atomic E-state index is 14.4. The van der Waals surface area contributed by atoms with Gasteiger partial charge < -0.3 is 37.2 Å². The van der Waals surface area contributed by atoms with E-state index in [1.54, 1.807) is 36.4 Å². The van der Waals surface area contributed by atoms with Crippen molar-refractivity contribution in [3.8, 4) is 0 Å². The molecule has 0 saturated carbocycles. The fraction of sp³-hybridized carbons (Fsp3) is 0.543. The molecule has 2 aromatic carbocycles. The van der Waals surface area contributed by atoms with Crippen LogP contribution < -0.4 is 10.6 Å². The molecule has 2 rings (SSSR count). The van der Waals surface area contributed by atoms with E-state index in [4.69, 9.17) is 26.6 Å².